The molecule has 0 spiro atoms. The fraction of sp³-hybridized carbons (Fsp3) is 0. The lowest BCUT2D eigenvalue weighted by Gasteiger charge is -2.09. The predicted molar refractivity (Wildman–Crippen MR) is 82.9 cm³/mol. The van der Waals surface area contributed by atoms with E-state index in [0.717, 1.165) is 29.4 Å². The number of anilines is 1. The standard InChI is InChI=1S/C18H11NO3/c20-15-9-10-17(21)16(11-15)18(22)19-14-7-5-13(6-8-14)12-3-1-2-4-12/h1-3,5-11H,(H,19,22). The fourth-order valence-electron chi connectivity index (χ4n) is 2.13. The van der Waals surface area contributed by atoms with Gasteiger partial charge in [-0.05, 0) is 42.0 Å². The molecule has 0 saturated carbocycles. The van der Waals surface area contributed by atoms with Crippen molar-refractivity contribution in [2.75, 3.05) is 5.32 Å². The number of nitrogens with one attached hydrogen (secondary N) is 1. The first-order valence-electron chi connectivity index (χ1n) is 6.67. The zero-order valence-corrected chi connectivity index (χ0v) is 11.5. The first-order valence-corrected chi connectivity index (χ1v) is 6.67. The van der Waals surface area contributed by atoms with E-state index in [-0.39, 0.29) is 11.4 Å². The SMILES string of the molecule is O=C1C=CC(=O)C(C(=O)Nc2ccc(C3=C=CC=C3)cc2)=C1. The summed E-state index contributed by atoms with van der Waals surface area (Å²) in [6.07, 6.45) is 8.96. The summed E-state index contributed by atoms with van der Waals surface area (Å²) < 4.78 is 0. The van der Waals surface area contributed by atoms with Gasteiger partial charge in [-0.15, -0.1) is 5.73 Å². The predicted octanol–water partition coefficient (Wildman–Crippen LogP) is 2.37. The molecular formula is C18H11NO3. The summed E-state index contributed by atoms with van der Waals surface area (Å²) in [5.74, 6) is -1.43. The first-order chi connectivity index (χ1) is 10.6. The molecule has 1 aromatic carbocycles. The molecule has 1 amide bonds. The van der Waals surface area contributed by atoms with E-state index in [9.17, 15) is 14.4 Å². The molecule has 4 heteroatoms. The summed E-state index contributed by atoms with van der Waals surface area (Å²) in [6, 6.07) is 7.17. The van der Waals surface area contributed by atoms with Crippen LogP contribution in [0.4, 0.5) is 5.69 Å². The molecule has 3 rings (SSSR count). The van der Waals surface area contributed by atoms with Crippen LogP contribution in [0.25, 0.3) is 5.57 Å². The van der Waals surface area contributed by atoms with Crippen LogP contribution in [-0.4, -0.2) is 17.5 Å². The summed E-state index contributed by atoms with van der Waals surface area (Å²) in [6.45, 7) is 0. The summed E-state index contributed by atoms with van der Waals surface area (Å²) in [5, 5.41) is 2.61. The number of allylic oxidation sites excluding steroid dienone is 6. The van der Waals surface area contributed by atoms with Gasteiger partial charge in [0, 0.05) is 17.3 Å². The number of carbonyl (C=O) groups is 3. The van der Waals surface area contributed by atoms with E-state index in [2.05, 4.69) is 11.0 Å². The topological polar surface area (TPSA) is 63.2 Å². The van der Waals surface area contributed by atoms with Crippen molar-refractivity contribution < 1.29 is 14.4 Å². The molecule has 1 N–H and O–H groups in total. The monoisotopic (exact) mass is 289 g/mol. The molecule has 0 aliphatic heterocycles. The number of hydrogen-bond donors (Lipinski definition) is 1. The molecule has 4 nitrogen and oxygen atoms in total. The zero-order chi connectivity index (χ0) is 15.5. The molecule has 0 saturated heterocycles. The van der Waals surface area contributed by atoms with Gasteiger partial charge < -0.3 is 5.32 Å². The second-order valence-electron chi connectivity index (χ2n) is 4.77. The molecule has 0 bridgehead atoms. The van der Waals surface area contributed by atoms with E-state index in [1.165, 1.54) is 0 Å². The third-order valence-corrected chi connectivity index (χ3v) is 3.25. The number of amides is 1. The molecule has 0 fully saturated rings. The Balaban J connectivity index is 1.75. The lowest BCUT2D eigenvalue weighted by atomic mass is 10.0. The van der Waals surface area contributed by atoms with Crippen LogP contribution in [0, 0.1) is 0 Å². The minimum absolute atomic E-state index is 0.152. The molecule has 0 radical (unpaired) electrons. The van der Waals surface area contributed by atoms with Gasteiger partial charge in [-0.3, -0.25) is 14.4 Å². The van der Waals surface area contributed by atoms with E-state index in [1.54, 1.807) is 12.1 Å². The molecule has 106 valence electrons. The Morgan fingerprint density at radius 1 is 1.00 bits per heavy atom. The van der Waals surface area contributed by atoms with E-state index >= 15 is 0 Å². The van der Waals surface area contributed by atoms with Gasteiger partial charge in [0.15, 0.2) is 11.6 Å². The van der Waals surface area contributed by atoms with Gasteiger partial charge in [0.05, 0.1) is 5.57 Å². The average Bonchev–Trinajstić information content (AvgIpc) is 3.05. The van der Waals surface area contributed by atoms with Crippen molar-refractivity contribution in [1.82, 2.24) is 0 Å². The van der Waals surface area contributed by atoms with Crippen molar-refractivity contribution in [3.05, 3.63) is 77.6 Å². The average molecular weight is 289 g/mol. The molecule has 0 aromatic heterocycles. The highest BCUT2D eigenvalue weighted by atomic mass is 16.2. The molecule has 0 atom stereocenters. The lowest BCUT2D eigenvalue weighted by Crippen LogP contribution is -2.22. The number of benzene rings is 1. The maximum atomic E-state index is 12.0. The van der Waals surface area contributed by atoms with Crippen LogP contribution >= 0.6 is 0 Å². The van der Waals surface area contributed by atoms with E-state index in [1.807, 2.05) is 30.4 Å². The van der Waals surface area contributed by atoms with Gasteiger partial charge in [-0.2, -0.15) is 0 Å². The summed E-state index contributed by atoms with van der Waals surface area (Å²) in [7, 11) is 0. The number of carbonyl (C=O) groups excluding carboxylic acids is 3. The summed E-state index contributed by atoms with van der Waals surface area (Å²) >= 11 is 0. The Kier molecular flexibility index (Phi) is 3.52. The molecule has 2 aliphatic rings. The van der Waals surface area contributed by atoms with Crippen LogP contribution in [0.5, 0.6) is 0 Å². The Bertz CT molecular complexity index is 830. The van der Waals surface area contributed by atoms with Crippen LogP contribution < -0.4 is 5.32 Å². The van der Waals surface area contributed by atoms with E-state index in [0.29, 0.717) is 5.69 Å². The second-order valence-corrected chi connectivity index (χ2v) is 4.77. The third kappa shape index (κ3) is 2.77. The molecule has 2 aliphatic carbocycles. The highest BCUT2D eigenvalue weighted by Gasteiger charge is 2.20. The number of rotatable bonds is 3. The van der Waals surface area contributed by atoms with Crippen molar-refractivity contribution >= 4 is 28.7 Å². The molecule has 1 aromatic rings. The van der Waals surface area contributed by atoms with Gasteiger partial charge in [-0.1, -0.05) is 18.2 Å². The zero-order valence-electron chi connectivity index (χ0n) is 11.5. The Morgan fingerprint density at radius 2 is 1.77 bits per heavy atom. The van der Waals surface area contributed by atoms with Crippen molar-refractivity contribution in [2.24, 2.45) is 0 Å². The summed E-state index contributed by atoms with van der Waals surface area (Å²) in [5.41, 5.74) is 5.44. The minimum atomic E-state index is -0.588. The lowest BCUT2D eigenvalue weighted by molar-refractivity contribution is -0.119. The quantitative estimate of drug-likeness (QED) is 0.528. The fourth-order valence-corrected chi connectivity index (χ4v) is 2.13. The van der Waals surface area contributed by atoms with E-state index < -0.39 is 11.7 Å². The third-order valence-electron chi connectivity index (χ3n) is 3.25. The Labute approximate surface area is 126 Å². The van der Waals surface area contributed by atoms with Crippen molar-refractivity contribution in [3.63, 3.8) is 0 Å². The van der Waals surface area contributed by atoms with Gasteiger partial charge in [0.2, 0.25) is 0 Å². The van der Waals surface area contributed by atoms with Crippen molar-refractivity contribution in [3.8, 4) is 0 Å². The largest absolute Gasteiger partial charge is 0.322 e. The first kappa shape index (κ1) is 13.7. The second kappa shape index (κ2) is 5.64. The van der Waals surface area contributed by atoms with Gasteiger partial charge in [-0.25, -0.2) is 0 Å². The maximum Gasteiger partial charge on any atom is 0.259 e. The van der Waals surface area contributed by atoms with Gasteiger partial charge >= 0.3 is 0 Å². The normalized spacial score (nSPS) is 15.8. The smallest absolute Gasteiger partial charge is 0.259 e. The van der Waals surface area contributed by atoms with Crippen LogP contribution in [0.15, 0.2) is 72.0 Å². The molecule has 0 heterocycles. The van der Waals surface area contributed by atoms with Crippen molar-refractivity contribution in [2.45, 2.75) is 0 Å². The highest BCUT2D eigenvalue weighted by Crippen LogP contribution is 2.20. The molecular weight excluding hydrogens is 278 g/mol. The molecule has 0 unspecified atom stereocenters. The number of hydrogen-bond acceptors (Lipinski definition) is 3. The maximum absolute atomic E-state index is 12.0. The van der Waals surface area contributed by atoms with Crippen LogP contribution in [0.2, 0.25) is 0 Å². The van der Waals surface area contributed by atoms with E-state index in [4.69, 9.17) is 0 Å². The Morgan fingerprint density at radius 3 is 2.45 bits per heavy atom. The minimum Gasteiger partial charge on any atom is -0.322 e. The molecule has 22 heavy (non-hydrogen) atoms. The highest BCUT2D eigenvalue weighted by molar-refractivity contribution is 6.32. The Hall–Kier alpha value is -3.23. The van der Waals surface area contributed by atoms with Crippen LogP contribution in [0.3, 0.4) is 0 Å². The van der Waals surface area contributed by atoms with Crippen LogP contribution in [0.1, 0.15) is 5.56 Å². The van der Waals surface area contributed by atoms with Gasteiger partial charge in [0.1, 0.15) is 0 Å². The van der Waals surface area contributed by atoms with Crippen molar-refractivity contribution in [1.29, 1.82) is 0 Å². The summed E-state index contributed by atoms with van der Waals surface area (Å²) in [4.78, 5) is 34.9. The van der Waals surface area contributed by atoms with Gasteiger partial charge in [0.25, 0.3) is 5.91 Å². The number of ketones is 2. The van der Waals surface area contributed by atoms with Crippen LogP contribution in [-0.2, 0) is 14.4 Å².